The minimum atomic E-state index is -4.21. The summed E-state index contributed by atoms with van der Waals surface area (Å²) in [7, 11) is 0. The Morgan fingerprint density at radius 3 is 2.69 bits per heavy atom. The first kappa shape index (κ1) is 12.6. The number of ether oxygens (including phenoxy) is 1. The third kappa shape index (κ3) is 3.96. The normalized spacial score (nSPS) is 11.5. The molecule has 0 N–H and O–H groups in total. The van der Waals surface area contributed by atoms with Crippen LogP contribution in [-0.2, 0) is 4.74 Å². The van der Waals surface area contributed by atoms with E-state index in [0.29, 0.717) is 5.76 Å². The number of rotatable bonds is 4. The molecule has 0 aliphatic heterocycles. The van der Waals surface area contributed by atoms with E-state index in [0.717, 1.165) is 0 Å². The van der Waals surface area contributed by atoms with Gasteiger partial charge < -0.3 is 9.15 Å². The summed E-state index contributed by atoms with van der Waals surface area (Å²) in [6.07, 6.45) is -4.07. The topological polar surface area (TPSA) is 39.4 Å². The van der Waals surface area contributed by atoms with E-state index in [1.807, 2.05) is 0 Å². The first-order valence-corrected chi connectivity index (χ1v) is 4.68. The van der Waals surface area contributed by atoms with Crippen LogP contribution >= 0.6 is 0 Å². The zero-order chi connectivity index (χ0) is 12.2. The summed E-state index contributed by atoms with van der Waals surface area (Å²) in [5.41, 5.74) is 0.243. The van der Waals surface area contributed by atoms with Crippen molar-refractivity contribution in [3.8, 4) is 0 Å². The van der Waals surface area contributed by atoms with E-state index in [1.165, 1.54) is 12.3 Å². The lowest BCUT2D eigenvalue weighted by Crippen LogP contribution is -2.11. The van der Waals surface area contributed by atoms with Gasteiger partial charge in [0.15, 0.2) is 0 Å². The van der Waals surface area contributed by atoms with Crippen molar-refractivity contribution < 1.29 is 27.1 Å². The van der Waals surface area contributed by atoms with Crippen molar-refractivity contribution >= 4 is 5.97 Å². The fraction of sp³-hybridized carbons (Fsp3) is 0.500. The highest BCUT2D eigenvalue weighted by Crippen LogP contribution is 2.21. The van der Waals surface area contributed by atoms with Crippen molar-refractivity contribution in [2.45, 2.75) is 25.9 Å². The van der Waals surface area contributed by atoms with Crippen LogP contribution in [0, 0.1) is 6.92 Å². The van der Waals surface area contributed by atoms with Crippen LogP contribution in [0.4, 0.5) is 13.2 Å². The van der Waals surface area contributed by atoms with E-state index in [2.05, 4.69) is 4.74 Å². The third-order valence-corrected chi connectivity index (χ3v) is 1.92. The molecule has 1 heterocycles. The predicted octanol–water partition coefficient (Wildman–Crippen LogP) is 3.09. The second-order valence-electron chi connectivity index (χ2n) is 3.25. The minimum Gasteiger partial charge on any atom is -0.469 e. The first-order chi connectivity index (χ1) is 7.40. The quantitative estimate of drug-likeness (QED) is 0.595. The SMILES string of the molecule is Cc1occc1C(=O)OCCCC(F)(F)F. The van der Waals surface area contributed by atoms with Gasteiger partial charge in [-0.25, -0.2) is 4.79 Å². The molecular formula is C10H11F3O3. The number of aryl methyl sites for hydroxylation is 1. The molecule has 1 aromatic heterocycles. The molecule has 0 unspecified atom stereocenters. The maximum Gasteiger partial charge on any atom is 0.389 e. The fourth-order valence-corrected chi connectivity index (χ4v) is 1.11. The van der Waals surface area contributed by atoms with Gasteiger partial charge in [0.1, 0.15) is 11.3 Å². The maximum absolute atomic E-state index is 11.8. The lowest BCUT2D eigenvalue weighted by atomic mass is 10.2. The molecule has 0 aliphatic rings. The molecular weight excluding hydrogens is 225 g/mol. The number of alkyl halides is 3. The van der Waals surface area contributed by atoms with E-state index in [9.17, 15) is 18.0 Å². The summed E-state index contributed by atoms with van der Waals surface area (Å²) in [5.74, 6) is -0.269. The standard InChI is InChI=1S/C10H11F3O3/c1-7-8(3-6-15-7)9(14)16-5-2-4-10(11,12)13/h3,6H,2,4-5H2,1H3. The zero-order valence-electron chi connectivity index (χ0n) is 8.63. The molecule has 1 rings (SSSR count). The summed E-state index contributed by atoms with van der Waals surface area (Å²) in [6.45, 7) is 1.33. The molecule has 0 fully saturated rings. The molecule has 0 saturated heterocycles. The molecule has 1 aromatic rings. The van der Waals surface area contributed by atoms with E-state index in [1.54, 1.807) is 6.92 Å². The van der Waals surface area contributed by atoms with Gasteiger partial charge in [-0.15, -0.1) is 0 Å². The number of halogens is 3. The van der Waals surface area contributed by atoms with Crippen molar-refractivity contribution in [3.63, 3.8) is 0 Å². The van der Waals surface area contributed by atoms with Gasteiger partial charge in [0.2, 0.25) is 0 Å². The summed E-state index contributed by atoms with van der Waals surface area (Å²) >= 11 is 0. The molecule has 16 heavy (non-hydrogen) atoms. The van der Waals surface area contributed by atoms with E-state index in [4.69, 9.17) is 4.42 Å². The molecule has 0 radical (unpaired) electrons. The summed E-state index contributed by atoms with van der Waals surface area (Å²) in [5, 5.41) is 0. The third-order valence-electron chi connectivity index (χ3n) is 1.92. The van der Waals surface area contributed by atoms with Crippen molar-refractivity contribution in [2.75, 3.05) is 6.61 Å². The summed E-state index contributed by atoms with van der Waals surface area (Å²) in [4.78, 5) is 11.3. The lowest BCUT2D eigenvalue weighted by Gasteiger charge is -2.06. The number of hydrogen-bond acceptors (Lipinski definition) is 3. The highest BCUT2D eigenvalue weighted by Gasteiger charge is 2.26. The molecule has 0 saturated carbocycles. The van der Waals surface area contributed by atoms with Gasteiger partial charge >= 0.3 is 12.1 Å². The van der Waals surface area contributed by atoms with E-state index >= 15 is 0 Å². The van der Waals surface area contributed by atoms with Gasteiger partial charge in [-0.1, -0.05) is 0 Å². The summed E-state index contributed by atoms with van der Waals surface area (Å²) in [6, 6.07) is 1.42. The van der Waals surface area contributed by atoms with Gasteiger partial charge in [-0.2, -0.15) is 13.2 Å². The van der Waals surface area contributed by atoms with Gasteiger partial charge in [0.05, 0.1) is 12.9 Å². The fourth-order valence-electron chi connectivity index (χ4n) is 1.11. The number of carbonyl (C=O) groups excluding carboxylic acids is 1. The maximum atomic E-state index is 11.8. The molecule has 0 aliphatic carbocycles. The van der Waals surface area contributed by atoms with Gasteiger partial charge in [0, 0.05) is 6.42 Å². The average molecular weight is 236 g/mol. The van der Waals surface area contributed by atoms with Gasteiger partial charge in [0.25, 0.3) is 0 Å². The van der Waals surface area contributed by atoms with Gasteiger partial charge in [-0.3, -0.25) is 0 Å². The van der Waals surface area contributed by atoms with Crippen LogP contribution < -0.4 is 0 Å². The van der Waals surface area contributed by atoms with Crippen molar-refractivity contribution in [2.24, 2.45) is 0 Å². The molecule has 0 spiro atoms. The van der Waals surface area contributed by atoms with E-state index in [-0.39, 0.29) is 18.6 Å². The van der Waals surface area contributed by atoms with Crippen LogP contribution in [0.2, 0.25) is 0 Å². The lowest BCUT2D eigenvalue weighted by molar-refractivity contribution is -0.137. The Labute approximate surface area is 90.2 Å². The Bertz CT molecular complexity index is 354. The minimum absolute atomic E-state index is 0.230. The highest BCUT2D eigenvalue weighted by molar-refractivity contribution is 5.90. The molecule has 0 amide bonds. The summed E-state index contributed by atoms with van der Waals surface area (Å²) < 4.78 is 44.8. The van der Waals surface area contributed by atoms with Crippen LogP contribution in [0.3, 0.4) is 0 Å². The number of esters is 1. The van der Waals surface area contributed by atoms with Crippen LogP contribution in [-0.4, -0.2) is 18.8 Å². The Morgan fingerprint density at radius 2 is 2.19 bits per heavy atom. The Kier molecular flexibility index (Phi) is 3.98. The Morgan fingerprint density at radius 1 is 1.50 bits per heavy atom. The monoisotopic (exact) mass is 236 g/mol. The van der Waals surface area contributed by atoms with Crippen LogP contribution in [0.1, 0.15) is 29.0 Å². The number of furan rings is 1. The van der Waals surface area contributed by atoms with Crippen LogP contribution in [0.15, 0.2) is 16.7 Å². The second-order valence-corrected chi connectivity index (χ2v) is 3.25. The zero-order valence-corrected chi connectivity index (χ0v) is 8.63. The van der Waals surface area contributed by atoms with Crippen LogP contribution in [0.25, 0.3) is 0 Å². The Hall–Kier alpha value is -1.46. The smallest absolute Gasteiger partial charge is 0.389 e. The van der Waals surface area contributed by atoms with Crippen LogP contribution in [0.5, 0.6) is 0 Å². The predicted molar refractivity (Wildman–Crippen MR) is 49.0 cm³/mol. The molecule has 90 valence electrons. The second kappa shape index (κ2) is 5.05. The first-order valence-electron chi connectivity index (χ1n) is 4.68. The van der Waals surface area contributed by atoms with Crippen molar-refractivity contribution in [1.82, 2.24) is 0 Å². The number of carbonyl (C=O) groups is 1. The largest absolute Gasteiger partial charge is 0.469 e. The highest BCUT2D eigenvalue weighted by atomic mass is 19.4. The Balaban J connectivity index is 2.29. The number of hydrogen-bond donors (Lipinski definition) is 0. The molecule has 6 heteroatoms. The average Bonchev–Trinajstić information content (AvgIpc) is 2.57. The molecule has 0 bridgehead atoms. The van der Waals surface area contributed by atoms with E-state index < -0.39 is 18.6 Å². The van der Waals surface area contributed by atoms with Crippen molar-refractivity contribution in [1.29, 1.82) is 0 Å². The molecule has 3 nitrogen and oxygen atoms in total. The molecule has 0 atom stereocenters. The molecule has 0 aromatic carbocycles. The van der Waals surface area contributed by atoms with Gasteiger partial charge in [-0.05, 0) is 19.4 Å². The van der Waals surface area contributed by atoms with Crippen molar-refractivity contribution in [3.05, 3.63) is 23.7 Å².